The molecule has 0 unspecified atom stereocenters. The van der Waals surface area contributed by atoms with Crippen LogP contribution in [0.1, 0.15) is 23.7 Å². The fraction of sp³-hybridized carbons (Fsp3) is 0.364. The molecule has 6 heteroatoms. The maximum absolute atomic E-state index is 13.1. The molecule has 0 fully saturated rings. The average Bonchev–Trinajstić information content (AvgIpc) is 2.29. The number of amides is 1. The molecule has 0 spiro atoms. The molecule has 0 aromatic carbocycles. The van der Waals surface area contributed by atoms with Crippen molar-refractivity contribution in [1.29, 1.82) is 0 Å². The zero-order valence-corrected chi connectivity index (χ0v) is 9.40. The molecular weight excluding hydrogens is 227 g/mol. The second kappa shape index (κ2) is 6.57. The number of aromatic nitrogens is 1. The minimum Gasteiger partial charge on any atom is -0.466 e. The van der Waals surface area contributed by atoms with Crippen molar-refractivity contribution in [1.82, 2.24) is 10.3 Å². The molecule has 5 nitrogen and oxygen atoms in total. The Hall–Kier alpha value is -1.98. The summed E-state index contributed by atoms with van der Waals surface area (Å²) in [6.45, 7) is 2.09. The first kappa shape index (κ1) is 13.1. The highest BCUT2D eigenvalue weighted by molar-refractivity contribution is 5.94. The fourth-order valence-electron chi connectivity index (χ4n) is 1.16. The van der Waals surface area contributed by atoms with Crippen molar-refractivity contribution in [2.24, 2.45) is 0 Å². The van der Waals surface area contributed by atoms with Gasteiger partial charge in [-0.2, -0.15) is 4.39 Å². The maximum Gasteiger partial charge on any atom is 0.307 e. The molecule has 1 heterocycles. The van der Waals surface area contributed by atoms with E-state index in [9.17, 15) is 14.0 Å². The van der Waals surface area contributed by atoms with Gasteiger partial charge in [-0.05, 0) is 19.1 Å². The van der Waals surface area contributed by atoms with Crippen molar-refractivity contribution in [2.45, 2.75) is 13.3 Å². The number of carbonyl (C=O) groups excluding carboxylic acids is 2. The summed E-state index contributed by atoms with van der Waals surface area (Å²) in [7, 11) is 0. The van der Waals surface area contributed by atoms with Gasteiger partial charge in [0.1, 0.15) is 0 Å². The zero-order valence-electron chi connectivity index (χ0n) is 9.40. The third-order valence-electron chi connectivity index (χ3n) is 1.92. The molecule has 1 aromatic rings. The second-order valence-electron chi connectivity index (χ2n) is 3.15. The van der Waals surface area contributed by atoms with Gasteiger partial charge in [-0.3, -0.25) is 9.59 Å². The molecule has 92 valence electrons. The van der Waals surface area contributed by atoms with E-state index in [4.69, 9.17) is 0 Å². The van der Waals surface area contributed by atoms with Crippen LogP contribution in [0, 0.1) is 5.95 Å². The number of halogens is 1. The van der Waals surface area contributed by atoms with Crippen molar-refractivity contribution in [3.63, 3.8) is 0 Å². The Morgan fingerprint density at radius 2 is 2.29 bits per heavy atom. The topological polar surface area (TPSA) is 68.3 Å². The van der Waals surface area contributed by atoms with Gasteiger partial charge in [0, 0.05) is 12.7 Å². The highest BCUT2D eigenvalue weighted by Crippen LogP contribution is 2.02. The van der Waals surface area contributed by atoms with Gasteiger partial charge in [-0.25, -0.2) is 4.98 Å². The van der Waals surface area contributed by atoms with E-state index in [2.05, 4.69) is 15.0 Å². The summed E-state index contributed by atoms with van der Waals surface area (Å²) in [5, 5.41) is 2.41. The number of nitrogens with one attached hydrogen (secondary N) is 1. The first-order valence-corrected chi connectivity index (χ1v) is 5.19. The lowest BCUT2D eigenvalue weighted by Crippen LogP contribution is -2.27. The van der Waals surface area contributed by atoms with Crippen molar-refractivity contribution in [3.05, 3.63) is 29.8 Å². The van der Waals surface area contributed by atoms with Crippen molar-refractivity contribution in [3.8, 4) is 0 Å². The molecule has 0 radical (unpaired) electrons. The van der Waals surface area contributed by atoms with Crippen LogP contribution in [0.5, 0.6) is 0 Å². The van der Waals surface area contributed by atoms with Gasteiger partial charge in [-0.1, -0.05) is 0 Å². The summed E-state index contributed by atoms with van der Waals surface area (Å²) in [6, 6.07) is 2.78. The summed E-state index contributed by atoms with van der Waals surface area (Å²) < 4.78 is 17.8. The fourth-order valence-corrected chi connectivity index (χ4v) is 1.16. The van der Waals surface area contributed by atoms with Gasteiger partial charge in [0.15, 0.2) is 0 Å². The number of pyridine rings is 1. The zero-order chi connectivity index (χ0) is 12.7. The Bertz CT molecular complexity index is 409. The predicted octanol–water partition coefficient (Wildman–Crippen LogP) is 0.904. The van der Waals surface area contributed by atoms with Gasteiger partial charge in [0.05, 0.1) is 18.6 Å². The summed E-state index contributed by atoms with van der Waals surface area (Å²) in [5.74, 6) is -1.83. The number of ether oxygens (including phenoxy) is 1. The highest BCUT2D eigenvalue weighted by Gasteiger charge is 2.11. The summed E-state index contributed by atoms with van der Waals surface area (Å²) in [6.07, 6.45) is 1.31. The Morgan fingerprint density at radius 1 is 1.53 bits per heavy atom. The minimum absolute atomic E-state index is 0.0570. The molecule has 0 atom stereocenters. The van der Waals surface area contributed by atoms with E-state index >= 15 is 0 Å². The van der Waals surface area contributed by atoms with Crippen molar-refractivity contribution in [2.75, 3.05) is 13.2 Å². The Morgan fingerprint density at radius 3 is 2.94 bits per heavy atom. The Labute approximate surface area is 98.0 Å². The van der Waals surface area contributed by atoms with E-state index in [0.717, 1.165) is 0 Å². The molecule has 0 saturated heterocycles. The maximum atomic E-state index is 13.1. The van der Waals surface area contributed by atoms with E-state index < -0.39 is 17.8 Å². The highest BCUT2D eigenvalue weighted by atomic mass is 19.1. The number of carbonyl (C=O) groups is 2. The smallest absolute Gasteiger partial charge is 0.307 e. The predicted molar refractivity (Wildman–Crippen MR) is 57.8 cm³/mol. The molecule has 0 aliphatic carbocycles. The van der Waals surface area contributed by atoms with E-state index in [1.54, 1.807) is 6.92 Å². The second-order valence-corrected chi connectivity index (χ2v) is 3.15. The third kappa shape index (κ3) is 4.18. The molecule has 0 saturated carbocycles. The van der Waals surface area contributed by atoms with Crippen LogP contribution in [-0.4, -0.2) is 30.0 Å². The van der Waals surface area contributed by atoms with Crippen LogP contribution >= 0.6 is 0 Å². The van der Waals surface area contributed by atoms with E-state index in [1.165, 1.54) is 18.3 Å². The van der Waals surface area contributed by atoms with Crippen LogP contribution in [-0.2, 0) is 9.53 Å². The Kier molecular flexibility index (Phi) is 5.06. The van der Waals surface area contributed by atoms with Crippen molar-refractivity contribution >= 4 is 11.9 Å². The van der Waals surface area contributed by atoms with Crippen LogP contribution in [0.4, 0.5) is 4.39 Å². The first-order valence-electron chi connectivity index (χ1n) is 5.19. The molecule has 0 aliphatic rings. The molecule has 0 bridgehead atoms. The molecule has 1 aromatic heterocycles. The van der Waals surface area contributed by atoms with Crippen LogP contribution in [0.3, 0.4) is 0 Å². The Balaban J connectivity index is 2.41. The van der Waals surface area contributed by atoms with Gasteiger partial charge in [0.2, 0.25) is 5.95 Å². The quantitative estimate of drug-likeness (QED) is 0.613. The van der Waals surface area contributed by atoms with E-state index in [0.29, 0.717) is 6.61 Å². The van der Waals surface area contributed by atoms with Crippen molar-refractivity contribution < 1.29 is 18.7 Å². The molecule has 1 N–H and O–H groups in total. The largest absolute Gasteiger partial charge is 0.466 e. The summed E-state index contributed by atoms with van der Waals surface area (Å²) in [5.41, 5.74) is -0.142. The minimum atomic E-state index is -0.832. The van der Waals surface area contributed by atoms with E-state index in [-0.39, 0.29) is 18.5 Å². The molecule has 1 amide bonds. The van der Waals surface area contributed by atoms with Gasteiger partial charge in [-0.15, -0.1) is 0 Å². The molecule has 1 rings (SSSR count). The normalized spacial score (nSPS) is 9.76. The van der Waals surface area contributed by atoms with Crippen LogP contribution < -0.4 is 5.32 Å². The number of nitrogens with zero attached hydrogens (tertiary/aromatic N) is 1. The summed E-state index contributed by atoms with van der Waals surface area (Å²) in [4.78, 5) is 25.8. The lowest BCUT2D eigenvalue weighted by Gasteiger charge is -2.05. The SMILES string of the molecule is CCOC(=O)CCNC(=O)c1cccnc1F. The summed E-state index contributed by atoms with van der Waals surface area (Å²) >= 11 is 0. The van der Waals surface area contributed by atoms with Gasteiger partial charge < -0.3 is 10.1 Å². The third-order valence-corrected chi connectivity index (χ3v) is 1.92. The monoisotopic (exact) mass is 240 g/mol. The number of esters is 1. The first-order chi connectivity index (χ1) is 8.15. The van der Waals surface area contributed by atoms with Gasteiger partial charge in [0.25, 0.3) is 5.91 Å². The van der Waals surface area contributed by atoms with Crippen LogP contribution in [0.15, 0.2) is 18.3 Å². The van der Waals surface area contributed by atoms with Gasteiger partial charge >= 0.3 is 5.97 Å². The lowest BCUT2D eigenvalue weighted by molar-refractivity contribution is -0.142. The standard InChI is InChI=1S/C11H13FN2O3/c1-2-17-9(15)5-7-14-11(16)8-4-3-6-13-10(8)12/h3-4,6H,2,5,7H2,1H3,(H,14,16). The molecular formula is C11H13FN2O3. The number of hydrogen-bond donors (Lipinski definition) is 1. The average molecular weight is 240 g/mol. The number of hydrogen-bond acceptors (Lipinski definition) is 4. The lowest BCUT2D eigenvalue weighted by atomic mass is 10.2. The van der Waals surface area contributed by atoms with E-state index in [1.807, 2.05) is 0 Å². The molecule has 17 heavy (non-hydrogen) atoms. The van der Waals surface area contributed by atoms with Crippen LogP contribution in [0.25, 0.3) is 0 Å². The van der Waals surface area contributed by atoms with Crippen LogP contribution in [0.2, 0.25) is 0 Å². The molecule has 0 aliphatic heterocycles. The number of rotatable bonds is 5.